The van der Waals surface area contributed by atoms with Crippen LogP contribution in [0.3, 0.4) is 0 Å². The van der Waals surface area contributed by atoms with Gasteiger partial charge in [-0.15, -0.1) is 0 Å². The van der Waals surface area contributed by atoms with Gasteiger partial charge in [-0.25, -0.2) is 4.39 Å². The van der Waals surface area contributed by atoms with E-state index in [1.54, 1.807) is 6.07 Å². The quantitative estimate of drug-likeness (QED) is 0.727. The van der Waals surface area contributed by atoms with Crippen molar-refractivity contribution in [3.8, 4) is 0 Å². The highest BCUT2D eigenvalue weighted by atomic mass is 79.9. The number of likely N-dealkylation sites (N-methyl/N-ethyl adjacent to an activating group) is 1. The highest BCUT2D eigenvalue weighted by molar-refractivity contribution is 9.10. The fourth-order valence-electron chi connectivity index (χ4n) is 3.73. The average Bonchev–Trinajstić information content (AvgIpc) is 2.49. The van der Waals surface area contributed by atoms with Crippen LogP contribution in [0.1, 0.15) is 51.0 Å². The van der Waals surface area contributed by atoms with E-state index in [1.165, 1.54) is 44.6 Å². The Labute approximate surface area is 136 Å². The summed E-state index contributed by atoms with van der Waals surface area (Å²) in [5.74, 6) is 1.51. The maximum Gasteiger partial charge on any atom is 0.123 e. The number of hydrogen-bond donors (Lipinski definition) is 1. The molecule has 1 aromatic rings. The van der Waals surface area contributed by atoms with Crippen LogP contribution >= 0.6 is 15.9 Å². The predicted octanol–water partition coefficient (Wildman–Crippen LogP) is 5.33. The Bertz CT molecular complexity index is 441. The van der Waals surface area contributed by atoms with E-state index in [4.69, 9.17) is 0 Å². The molecule has 1 aromatic carbocycles. The maximum atomic E-state index is 13.4. The SMILES string of the molecule is CCCC1CCC(C(Cc2cc(F)ccc2Br)NC)CC1. The summed E-state index contributed by atoms with van der Waals surface area (Å²) < 4.78 is 14.5. The maximum absolute atomic E-state index is 13.4. The monoisotopic (exact) mass is 355 g/mol. The molecular weight excluding hydrogens is 329 g/mol. The first kappa shape index (κ1) is 17.0. The van der Waals surface area contributed by atoms with Gasteiger partial charge in [0.1, 0.15) is 5.82 Å². The van der Waals surface area contributed by atoms with Crippen molar-refractivity contribution in [3.05, 3.63) is 34.1 Å². The lowest BCUT2D eigenvalue weighted by atomic mass is 9.76. The first-order valence-electron chi connectivity index (χ1n) is 8.25. The lowest BCUT2D eigenvalue weighted by Crippen LogP contribution is -2.37. The van der Waals surface area contributed by atoms with E-state index in [1.807, 2.05) is 13.1 Å². The Balaban J connectivity index is 1.96. The van der Waals surface area contributed by atoms with Gasteiger partial charge in [0.15, 0.2) is 0 Å². The zero-order valence-corrected chi connectivity index (χ0v) is 14.8. The normalized spacial score (nSPS) is 24.0. The van der Waals surface area contributed by atoms with Gasteiger partial charge in [-0.2, -0.15) is 0 Å². The van der Waals surface area contributed by atoms with Crippen molar-refractivity contribution in [1.29, 1.82) is 0 Å². The zero-order chi connectivity index (χ0) is 15.2. The smallest absolute Gasteiger partial charge is 0.123 e. The van der Waals surface area contributed by atoms with Gasteiger partial charge in [0.05, 0.1) is 0 Å². The van der Waals surface area contributed by atoms with Crippen molar-refractivity contribution < 1.29 is 4.39 Å². The Morgan fingerprint density at radius 1 is 1.29 bits per heavy atom. The molecule has 0 radical (unpaired) electrons. The molecule has 0 bridgehead atoms. The van der Waals surface area contributed by atoms with Crippen LogP contribution in [0.15, 0.2) is 22.7 Å². The second-order valence-electron chi connectivity index (χ2n) is 6.40. The summed E-state index contributed by atoms with van der Waals surface area (Å²) in [6.45, 7) is 2.28. The van der Waals surface area contributed by atoms with E-state index in [2.05, 4.69) is 28.2 Å². The van der Waals surface area contributed by atoms with Gasteiger partial charge in [-0.3, -0.25) is 0 Å². The Morgan fingerprint density at radius 2 is 2.00 bits per heavy atom. The van der Waals surface area contributed by atoms with Crippen LogP contribution in [-0.4, -0.2) is 13.1 Å². The van der Waals surface area contributed by atoms with E-state index in [0.29, 0.717) is 6.04 Å². The van der Waals surface area contributed by atoms with Gasteiger partial charge in [0.2, 0.25) is 0 Å². The van der Waals surface area contributed by atoms with Gasteiger partial charge in [-0.1, -0.05) is 48.5 Å². The molecule has 1 saturated carbocycles. The molecule has 0 amide bonds. The summed E-state index contributed by atoms with van der Waals surface area (Å²) in [6, 6.07) is 5.44. The zero-order valence-electron chi connectivity index (χ0n) is 13.2. The Hall–Kier alpha value is -0.410. The minimum atomic E-state index is -0.144. The first-order chi connectivity index (χ1) is 10.1. The Kier molecular flexibility index (Phi) is 6.69. The fraction of sp³-hybridized carbons (Fsp3) is 0.667. The van der Waals surface area contributed by atoms with Crippen molar-refractivity contribution in [1.82, 2.24) is 5.32 Å². The predicted molar refractivity (Wildman–Crippen MR) is 91.0 cm³/mol. The molecule has 21 heavy (non-hydrogen) atoms. The molecular formula is C18H27BrFN. The lowest BCUT2D eigenvalue weighted by molar-refractivity contribution is 0.217. The van der Waals surface area contributed by atoms with Gasteiger partial charge in [-0.05, 0) is 61.9 Å². The van der Waals surface area contributed by atoms with E-state index < -0.39 is 0 Å². The van der Waals surface area contributed by atoms with E-state index in [9.17, 15) is 4.39 Å². The van der Waals surface area contributed by atoms with Crippen molar-refractivity contribution in [2.45, 2.75) is 57.9 Å². The molecule has 1 aliphatic rings. The molecule has 0 aliphatic heterocycles. The molecule has 1 aliphatic carbocycles. The lowest BCUT2D eigenvalue weighted by Gasteiger charge is -2.34. The van der Waals surface area contributed by atoms with Crippen LogP contribution in [0.25, 0.3) is 0 Å². The summed E-state index contributed by atoms with van der Waals surface area (Å²) in [5.41, 5.74) is 1.07. The molecule has 1 fully saturated rings. The minimum absolute atomic E-state index is 0.144. The molecule has 1 nitrogen and oxygen atoms in total. The van der Waals surface area contributed by atoms with Gasteiger partial charge in [0, 0.05) is 10.5 Å². The molecule has 1 unspecified atom stereocenters. The third-order valence-corrected chi connectivity index (χ3v) is 5.75. The van der Waals surface area contributed by atoms with Crippen molar-refractivity contribution in [3.63, 3.8) is 0 Å². The van der Waals surface area contributed by atoms with E-state index in [0.717, 1.165) is 28.3 Å². The molecule has 3 heteroatoms. The van der Waals surface area contributed by atoms with E-state index in [-0.39, 0.29) is 5.82 Å². The second-order valence-corrected chi connectivity index (χ2v) is 7.26. The van der Waals surface area contributed by atoms with Crippen LogP contribution in [0.2, 0.25) is 0 Å². The van der Waals surface area contributed by atoms with Crippen LogP contribution in [0, 0.1) is 17.7 Å². The number of benzene rings is 1. The minimum Gasteiger partial charge on any atom is -0.316 e. The molecule has 2 rings (SSSR count). The number of nitrogens with one attached hydrogen (secondary N) is 1. The van der Waals surface area contributed by atoms with Gasteiger partial charge in [0.25, 0.3) is 0 Å². The molecule has 0 heterocycles. The summed E-state index contributed by atoms with van der Waals surface area (Å²) >= 11 is 3.55. The highest BCUT2D eigenvalue weighted by Gasteiger charge is 2.27. The van der Waals surface area contributed by atoms with Crippen molar-refractivity contribution in [2.75, 3.05) is 7.05 Å². The first-order valence-corrected chi connectivity index (χ1v) is 9.04. The van der Waals surface area contributed by atoms with Crippen LogP contribution < -0.4 is 5.32 Å². The van der Waals surface area contributed by atoms with Gasteiger partial charge >= 0.3 is 0 Å². The highest BCUT2D eigenvalue weighted by Crippen LogP contribution is 2.34. The van der Waals surface area contributed by atoms with Crippen molar-refractivity contribution >= 4 is 15.9 Å². The second kappa shape index (κ2) is 8.28. The van der Waals surface area contributed by atoms with Crippen LogP contribution in [0.5, 0.6) is 0 Å². The standard InChI is InChI=1S/C18H27BrFN/c1-3-4-13-5-7-14(8-6-13)18(21-2)12-15-11-16(20)9-10-17(15)19/h9-11,13-14,18,21H,3-8,12H2,1-2H3. The number of halogens is 2. The molecule has 0 spiro atoms. The van der Waals surface area contributed by atoms with E-state index >= 15 is 0 Å². The van der Waals surface area contributed by atoms with Crippen LogP contribution in [-0.2, 0) is 6.42 Å². The largest absolute Gasteiger partial charge is 0.316 e. The molecule has 1 N–H and O–H groups in total. The van der Waals surface area contributed by atoms with Gasteiger partial charge < -0.3 is 5.32 Å². The average molecular weight is 356 g/mol. The van der Waals surface area contributed by atoms with Crippen molar-refractivity contribution in [2.24, 2.45) is 11.8 Å². The summed E-state index contributed by atoms with van der Waals surface area (Å²) in [6.07, 6.45) is 8.93. The summed E-state index contributed by atoms with van der Waals surface area (Å²) in [7, 11) is 2.04. The molecule has 0 aromatic heterocycles. The number of rotatable bonds is 6. The topological polar surface area (TPSA) is 12.0 Å². The molecule has 118 valence electrons. The summed E-state index contributed by atoms with van der Waals surface area (Å²) in [4.78, 5) is 0. The summed E-state index contributed by atoms with van der Waals surface area (Å²) in [5, 5.41) is 3.47. The molecule has 1 atom stereocenters. The Morgan fingerprint density at radius 3 is 2.62 bits per heavy atom. The third-order valence-electron chi connectivity index (χ3n) is 4.98. The fourth-order valence-corrected chi connectivity index (χ4v) is 4.14. The van der Waals surface area contributed by atoms with Crippen LogP contribution in [0.4, 0.5) is 4.39 Å². The number of hydrogen-bond acceptors (Lipinski definition) is 1. The molecule has 0 saturated heterocycles. The third kappa shape index (κ3) is 4.79.